The molecule has 0 amide bonds. The first-order valence-corrected chi connectivity index (χ1v) is 4.91. The largest absolute Gasteiger partial charge is 0.383 e. The quantitative estimate of drug-likeness (QED) is 0.898. The summed E-state index contributed by atoms with van der Waals surface area (Å²) in [6.07, 6.45) is 0. The van der Waals surface area contributed by atoms with Crippen LogP contribution in [0, 0.1) is 11.3 Å². The van der Waals surface area contributed by atoms with E-state index in [4.69, 9.17) is 15.7 Å². The molecule has 3 nitrogen and oxygen atoms in total. The molecule has 0 saturated carbocycles. The molecule has 0 radical (unpaired) electrons. The monoisotopic (exact) mass is 254 g/mol. The number of hydrogen-bond acceptors (Lipinski definition) is 3. The molecule has 0 aliphatic carbocycles. The molecule has 0 bridgehead atoms. The van der Waals surface area contributed by atoms with Crippen molar-refractivity contribution < 1.29 is 4.74 Å². The van der Waals surface area contributed by atoms with Crippen LogP contribution in [0.1, 0.15) is 17.2 Å². The average Bonchev–Trinajstić information content (AvgIpc) is 2.17. The van der Waals surface area contributed by atoms with Gasteiger partial charge in [0, 0.05) is 11.6 Å². The van der Waals surface area contributed by atoms with Gasteiger partial charge in [-0.3, -0.25) is 0 Å². The van der Waals surface area contributed by atoms with Crippen molar-refractivity contribution in [3.8, 4) is 6.07 Å². The van der Waals surface area contributed by atoms with Gasteiger partial charge in [-0.05, 0) is 23.8 Å². The highest BCUT2D eigenvalue weighted by atomic mass is 79.9. The van der Waals surface area contributed by atoms with Crippen LogP contribution in [-0.2, 0) is 4.74 Å². The van der Waals surface area contributed by atoms with Crippen molar-refractivity contribution >= 4 is 15.9 Å². The fourth-order valence-corrected chi connectivity index (χ4v) is 1.68. The lowest BCUT2D eigenvalue weighted by Gasteiger charge is -2.11. The molecule has 1 aromatic carbocycles. The van der Waals surface area contributed by atoms with Crippen LogP contribution < -0.4 is 5.73 Å². The molecular formula is C10H11BrN2O. The lowest BCUT2D eigenvalue weighted by atomic mass is 10.1. The number of nitrogens with two attached hydrogens (primary N) is 1. The number of rotatable bonds is 3. The molecular weight excluding hydrogens is 244 g/mol. The van der Waals surface area contributed by atoms with Crippen LogP contribution in [0.3, 0.4) is 0 Å². The number of ether oxygens (including phenoxy) is 1. The van der Waals surface area contributed by atoms with E-state index in [1.165, 1.54) is 0 Å². The third-order valence-electron chi connectivity index (χ3n) is 1.82. The summed E-state index contributed by atoms with van der Waals surface area (Å²) in [7, 11) is 1.60. The summed E-state index contributed by atoms with van der Waals surface area (Å²) in [5.74, 6) is 0. The third-order valence-corrected chi connectivity index (χ3v) is 2.28. The Balaban J connectivity index is 2.98. The minimum absolute atomic E-state index is 0.190. The van der Waals surface area contributed by atoms with Crippen molar-refractivity contribution in [2.24, 2.45) is 5.73 Å². The van der Waals surface area contributed by atoms with Gasteiger partial charge in [-0.1, -0.05) is 15.9 Å². The Hall–Kier alpha value is -0.890. The van der Waals surface area contributed by atoms with Gasteiger partial charge in [0.1, 0.15) is 0 Å². The van der Waals surface area contributed by atoms with Gasteiger partial charge < -0.3 is 10.5 Å². The second-order valence-electron chi connectivity index (χ2n) is 2.95. The van der Waals surface area contributed by atoms with Gasteiger partial charge in [-0.15, -0.1) is 0 Å². The number of halogens is 1. The van der Waals surface area contributed by atoms with Crippen LogP contribution in [-0.4, -0.2) is 13.7 Å². The van der Waals surface area contributed by atoms with Crippen LogP contribution >= 0.6 is 15.9 Å². The molecule has 0 fully saturated rings. The molecule has 0 aliphatic heterocycles. The summed E-state index contributed by atoms with van der Waals surface area (Å²) in [5.41, 5.74) is 7.34. The Morgan fingerprint density at radius 2 is 2.29 bits per heavy atom. The minimum Gasteiger partial charge on any atom is -0.383 e. The number of nitriles is 1. The van der Waals surface area contributed by atoms with Gasteiger partial charge >= 0.3 is 0 Å². The number of methoxy groups -OCH3 is 1. The SMILES string of the molecule is COC[C@@H](N)c1cc(Br)cc(C#N)c1. The molecule has 0 aromatic heterocycles. The standard InChI is InChI=1S/C10H11BrN2O/c1-14-6-10(13)8-2-7(5-12)3-9(11)4-8/h2-4,10H,6,13H2,1H3/t10-/m1/s1. The van der Waals surface area contributed by atoms with E-state index < -0.39 is 0 Å². The highest BCUT2D eigenvalue weighted by molar-refractivity contribution is 9.10. The van der Waals surface area contributed by atoms with Crippen molar-refractivity contribution in [1.82, 2.24) is 0 Å². The topological polar surface area (TPSA) is 59.0 Å². The molecule has 74 valence electrons. The summed E-state index contributed by atoms with van der Waals surface area (Å²) in [4.78, 5) is 0. The van der Waals surface area contributed by atoms with E-state index >= 15 is 0 Å². The van der Waals surface area contributed by atoms with Crippen LogP contribution in [0.4, 0.5) is 0 Å². The van der Waals surface area contributed by atoms with E-state index in [1.807, 2.05) is 6.07 Å². The predicted molar refractivity (Wildman–Crippen MR) is 57.7 cm³/mol. The fourth-order valence-electron chi connectivity index (χ4n) is 1.17. The van der Waals surface area contributed by atoms with Gasteiger partial charge in [-0.25, -0.2) is 0 Å². The Labute approximate surface area is 91.6 Å². The van der Waals surface area contributed by atoms with Gasteiger partial charge in [0.2, 0.25) is 0 Å². The van der Waals surface area contributed by atoms with Crippen molar-refractivity contribution in [1.29, 1.82) is 5.26 Å². The minimum atomic E-state index is -0.190. The lowest BCUT2D eigenvalue weighted by Crippen LogP contribution is -2.16. The summed E-state index contributed by atoms with van der Waals surface area (Å²) in [6, 6.07) is 7.31. The Kier molecular flexibility index (Phi) is 4.08. The zero-order valence-electron chi connectivity index (χ0n) is 7.83. The molecule has 14 heavy (non-hydrogen) atoms. The highest BCUT2D eigenvalue weighted by Gasteiger charge is 2.07. The van der Waals surface area contributed by atoms with Gasteiger partial charge in [0.25, 0.3) is 0 Å². The van der Waals surface area contributed by atoms with E-state index in [0.717, 1.165) is 10.0 Å². The Morgan fingerprint density at radius 1 is 1.57 bits per heavy atom. The molecule has 4 heteroatoms. The number of benzene rings is 1. The maximum atomic E-state index is 8.76. The van der Waals surface area contributed by atoms with Crippen molar-refractivity contribution in [2.45, 2.75) is 6.04 Å². The van der Waals surface area contributed by atoms with Gasteiger partial charge in [0.15, 0.2) is 0 Å². The molecule has 0 aliphatic rings. The maximum Gasteiger partial charge on any atom is 0.0992 e. The van der Waals surface area contributed by atoms with Crippen molar-refractivity contribution in [3.63, 3.8) is 0 Å². The van der Waals surface area contributed by atoms with E-state index in [-0.39, 0.29) is 6.04 Å². The lowest BCUT2D eigenvalue weighted by molar-refractivity contribution is 0.181. The molecule has 0 saturated heterocycles. The van der Waals surface area contributed by atoms with Crippen LogP contribution in [0.15, 0.2) is 22.7 Å². The van der Waals surface area contributed by atoms with Crippen LogP contribution in [0.5, 0.6) is 0 Å². The van der Waals surface area contributed by atoms with Gasteiger partial charge in [-0.2, -0.15) is 5.26 Å². The van der Waals surface area contributed by atoms with Crippen LogP contribution in [0.2, 0.25) is 0 Å². The first-order valence-electron chi connectivity index (χ1n) is 4.12. The summed E-state index contributed by atoms with van der Waals surface area (Å²) in [6.45, 7) is 0.446. The molecule has 0 heterocycles. The van der Waals surface area contributed by atoms with E-state index in [1.54, 1.807) is 19.2 Å². The fraction of sp³-hybridized carbons (Fsp3) is 0.300. The molecule has 1 atom stereocenters. The average molecular weight is 255 g/mol. The Bertz CT molecular complexity index is 360. The van der Waals surface area contributed by atoms with Crippen molar-refractivity contribution in [3.05, 3.63) is 33.8 Å². The summed E-state index contributed by atoms with van der Waals surface area (Å²) < 4.78 is 5.81. The smallest absolute Gasteiger partial charge is 0.0992 e. The van der Waals surface area contributed by atoms with E-state index in [2.05, 4.69) is 22.0 Å². The number of nitrogens with zero attached hydrogens (tertiary/aromatic N) is 1. The number of hydrogen-bond donors (Lipinski definition) is 1. The zero-order chi connectivity index (χ0) is 10.6. The summed E-state index contributed by atoms with van der Waals surface area (Å²) in [5, 5.41) is 8.76. The molecule has 1 aromatic rings. The Morgan fingerprint density at radius 3 is 2.86 bits per heavy atom. The van der Waals surface area contributed by atoms with Gasteiger partial charge in [0.05, 0.1) is 24.3 Å². The van der Waals surface area contributed by atoms with Crippen molar-refractivity contribution in [2.75, 3.05) is 13.7 Å². The van der Waals surface area contributed by atoms with E-state index in [0.29, 0.717) is 12.2 Å². The first kappa shape index (κ1) is 11.2. The first-order chi connectivity index (χ1) is 6.67. The second-order valence-corrected chi connectivity index (χ2v) is 3.86. The highest BCUT2D eigenvalue weighted by Crippen LogP contribution is 2.19. The predicted octanol–water partition coefficient (Wildman–Crippen LogP) is 1.97. The second kappa shape index (κ2) is 5.11. The zero-order valence-corrected chi connectivity index (χ0v) is 9.41. The van der Waals surface area contributed by atoms with Crippen LogP contribution in [0.25, 0.3) is 0 Å². The normalized spacial score (nSPS) is 12.1. The summed E-state index contributed by atoms with van der Waals surface area (Å²) >= 11 is 3.33. The third kappa shape index (κ3) is 2.81. The molecule has 0 spiro atoms. The molecule has 0 unspecified atom stereocenters. The van der Waals surface area contributed by atoms with E-state index in [9.17, 15) is 0 Å². The molecule has 1 rings (SSSR count). The maximum absolute atomic E-state index is 8.76. The molecule has 2 N–H and O–H groups in total.